The van der Waals surface area contributed by atoms with Gasteiger partial charge in [-0.25, -0.2) is 0 Å². The van der Waals surface area contributed by atoms with Crippen LogP contribution in [0.2, 0.25) is 0 Å². The fraction of sp³-hybridized carbons (Fsp3) is 0.611. The van der Waals surface area contributed by atoms with E-state index in [1.807, 2.05) is 13.0 Å². The molecule has 0 aromatic carbocycles. The number of rotatable bonds is 7. The van der Waals surface area contributed by atoms with Crippen LogP contribution in [-0.2, 0) is 14.3 Å². The fourth-order valence-corrected chi connectivity index (χ4v) is 3.76. The fourth-order valence-electron chi connectivity index (χ4n) is 2.92. The Morgan fingerprint density at radius 1 is 1.21 bits per heavy atom. The minimum absolute atomic E-state index is 0.00287. The molecule has 0 saturated heterocycles. The van der Waals surface area contributed by atoms with E-state index in [2.05, 4.69) is 12.2 Å². The third-order valence-electron chi connectivity index (χ3n) is 4.39. The number of nitrogens with one attached hydrogen (secondary N) is 1. The van der Waals surface area contributed by atoms with Crippen molar-refractivity contribution in [2.45, 2.75) is 58.4 Å². The largest absolute Gasteiger partial charge is 0.456 e. The molecule has 5 nitrogen and oxygen atoms in total. The average molecular weight is 351 g/mol. The third kappa shape index (κ3) is 5.74. The Bertz CT molecular complexity index is 596. The molecule has 1 saturated carbocycles. The molecule has 1 aliphatic rings. The number of Topliss-reactive ketones (excluding diaryl/α,β-unsaturated/α-hetero) is 1. The van der Waals surface area contributed by atoms with Crippen molar-refractivity contribution in [2.75, 3.05) is 6.61 Å². The molecule has 0 aliphatic heterocycles. The van der Waals surface area contributed by atoms with Crippen molar-refractivity contribution >= 4 is 29.0 Å². The van der Waals surface area contributed by atoms with Crippen LogP contribution in [0, 0.1) is 12.8 Å². The van der Waals surface area contributed by atoms with Crippen LogP contribution in [0.1, 0.15) is 60.0 Å². The maximum absolute atomic E-state index is 11.9. The van der Waals surface area contributed by atoms with Crippen LogP contribution in [0.4, 0.5) is 0 Å². The van der Waals surface area contributed by atoms with Gasteiger partial charge in [-0.15, -0.1) is 11.3 Å². The van der Waals surface area contributed by atoms with Crippen molar-refractivity contribution < 1.29 is 19.1 Å². The van der Waals surface area contributed by atoms with Crippen molar-refractivity contribution in [1.29, 1.82) is 0 Å². The minimum Gasteiger partial charge on any atom is -0.456 e. The molecule has 0 radical (unpaired) electrons. The smallest absolute Gasteiger partial charge is 0.306 e. The monoisotopic (exact) mass is 351 g/mol. The quantitative estimate of drug-likeness (QED) is 0.604. The predicted octanol–water partition coefficient (Wildman–Crippen LogP) is 3.26. The first-order valence-corrected chi connectivity index (χ1v) is 9.32. The van der Waals surface area contributed by atoms with E-state index in [9.17, 15) is 14.4 Å². The number of aryl methyl sites for hydroxylation is 1. The van der Waals surface area contributed by atoms with Gasteiger partial charge in [-0.2, -0.15) is 0 Å². The number of amides is 1. The van der Waals surface area contributed by atoms with Crippen molar-refractivity contribution in [3.8, 4) is 0 Å². The number of ether oxygens (including phenoxy) is 1. The highest BCUT2D eigenvalue weighted by molar-refractivity contribution is 7.14. The molecule has 0 spiro atoms. The standard InChI is InChI=1S/C18H25NO4S/c1-12-5-3-4-6-14(12)19-17(21)11-23-18(22)10-8-15(20)16-9-7-13(2)24-16/h7,9,12,14H,3-6,8,10-11H2,1-2H3,(H,19,21)/t12-,14+/m1/s1. The zero-order chi connectivity index (χ0) is 17.5. The molecule has 0 unspecified atom stereocenters. The van der Waals surface area contributed by atoms with Crippen LogP contribution in [0.15, 0.2) is 12.1 Å². The van der Waals surface area contributed by atoms with Gasteiger partial charge in [0.1, 0.15) is 0 Å². The second kappa shape index (κ2) is 8.97. The summed E-state index contributed by atoms with van der Waals surface area (Å²) in [6.07, 6.45) is 4.55. The molecule has 1 N–H and O–H groups in total. The second-order valence-corrected chi connectivity index (χ2v) is 7.72. The summed E-state index contributed by atoms with van der Waals surface area (Å²) in [5, 5.41) is 2.94. The molecule has 1 amide bonds. The van der Waals surface area contributed by atoms with Crippen molar-refractivity contribution in [1.82, 2.24) is 5.32 Å². The summed E-state index contributed by atoms with van der Waals surface area (Å²) in [4.78, 5) is 37.2. The van der Waals surface area contributed by atoms with Crippen LogP contribution >= 0.6 is 11.3 Å². The van der Waals surface area contributed by atoms with E-state index in [1.165, 1.54) is 17.8 Å². The van der Waals surface area contributed by atoms with E-state index in [0.717, 1.165) is 24.1 Å². The number of hydrogen-bond donors (Lipinski definition) is 1. The molecule has 6 heteroatoms. The third-order valence-corrected chi connectivity index (χ3v) is 5.44. The SMILES string of the molecule is Cc1ccc(C(=O)CCC(=O)OCC(=O)N[C@H]2CCCC[C@H]2C)s1. The first-order valence-electron chi connectivity index (χ1n) is 8.50. The van der Waals surface area contributed by atoms with Gasteiger partial charge in [0, 0.05) is 17.3 Å². The molecule has 1 fully saturated rings. The van der Waals surface area contributed by atoms with Gasteiger partial charge in [-0.3, -0.25) is 14.4 Å². The Hall–Kier alpha value is -1.69. The van der Waals surface area contributed by atoms with Gasteiger partial charge in [-0.05, 0) is 37.8 Å². The molecule has 1 aromatic rings. The van der Waals surface area contributed by atoms with Gasteiger partial charge in [0.05, 0.1) is 11.3 Å². The van der Waals surface area contributed by atoms with Gasteiger partial charge < -0.3 is 10.1 Å². The highest BCUT2D eigenvalue weighted by Crippen LogP contribution is 2.23. The molecule has 24 heavy (non-hydrogen) atoms. The zero-order valence-corrected chi connectivity index (χ0v) is 15.1. The maximum atomic E-state index is 11.9. The molecule has 1 aromatic heterocycles. The van der Waals surface area contributed by atoms with Crippen LogP contribution in [0.25, 0.3) is 0 Å². The Morgan fingerprint density at radius 2 is 1.96 bits per heavy atom. The van der Waals surface area contributed by atoms with Gasteiger partial charge in [0.25, 0.3) is 5.91 Å². The number of carbonyl (C=O) groups is 3. The maximum Gasteiger partial charge on any atom is 0.306 e. The van der Waals surface area contributed by atoms with E-state index in [0.29, 0.717) is 10.8 Å². The molecule has 2 rings (SSSR count). The van der Waals surface area contributed by atoms with Gasteiger partial charge in [0.15, 0.2) is 12.4 Å². The lowest BCUT2D eigenvalue weighted by Crippen LogP contribution is -2.42. The number of esters is 1. The molecule has 1 heterocycles. The number of ketones is 1. The summed E-state index contributed by atoms with van der Waals surface area (Å²) < 4.78 is 4.97. The van der Waals surface area contributed by atoms with E-state index in [4.69, 9.17) is 4.74 Å². The predicted molar refractivity (Wildman–Crippen MR) is 93.1 cm³/mol. The summed E-state index contributed by atoms with van der Waals surface area (Å²) in [7, 11) is 0. The normalized spacial score (nSPS) is 20.4. The highest BCUT2D eigenvalue weighted by Gasteiger charge is 2.23. The highest BCUT2D eigenvalue weighted by atomic mass is 32.1. The van der Waals surface area contributed by atoms with Gasteiger partial charge in [0.2, 0.25) is 0 Å². The van der Waals surface area contributed by atoms with Crippen molar-refractivity contribution in [2.24, 2.45) is 5.92 Å². The Labute approximate surface area is 146 Å². The van der Waals surface area contributed by atoms with E-state index in [-0.39, 0.29) is 37.2 Å². The first-order chi connectivity index (χ1) is 11.5. The Morgan fingerprint density at radius 3 is 2.62 bits per heavy atom. The summed E-state index contributed by atoms with van der Waals surface area (Å²) >= 11 is 1.42. The van der Waals surface area contributed by atoms with Crippen LogP contribution in [0.3, 0.4) is 0 Å². The average Bonchev–Trinajstić information content (AvgIpc) is 2.99. The summed E-state index contributed by atoms with van der Waals surface area (Å²) in [5.74, 6) is -0.374. The molecule has 132 valence electrons. The lowest BCUT2D eigenvalue weighted by molar-refractivity contribution is -0.148. The summed E-state index contributed by atoms with van der Waals surface area (Å²) in [5.41, 5.74) is 0. The molecule has 2 atom stereocenters. The topological polar surface area (TPSA) is 72.5 Å². The van der Waals surface area contributed by atoms with Crippen molar-refractivity contribution in [3.05, 3.63) is 21.9 Å². The molecule has 0 bridgehead atoms. The molecular weight excluding hydrogens is 326 g/mol. The van der Waals surface area contributed by atoms with E-state index < -0.39 is 5.97 Å². The summed E-state index contributed by atoms with van der Waals surface area (Å²) in [6, 6.07) is 3.83. The Balaban J connectivity index is 1.65. The molecule has 1 aliphatic carbocycles. The lowest BCUT2D eigenvalue weighted by Gasteiger charge is -2.29. The lowest BCUT2D eigenvalue weighted by atomic mass is 9.86. The van der Waals surface area contributed by atoms with Crippen LogP contribution in [-0.4, -0.2) is 30.3 Å². The van der Waals surface area contributed by atoms with Crippen molar-refractivity contribution in [3.63, 3.8) is 0 Å². The molecular formula is C18H25NO4S. The van der Waals surface area contributed by atoms with E-state index >= 15 is 0 Å². The van der Waals surface area contributed by atoms with Gasteiger partial charge in [-0.1, -0.05) is 19.8 Å². The number of thiophene rings is 1. The van der Waals surface area contributed by atoms with Gasteiger partial charge >= 0.3 is 5.97 Å². The Kier molecular flexibility index (Phi) is 6.97. The van der Waals surface area contributed by atoms with Crippen LogP contribution < -0.4 is 5.32 Å². The number of carbonyl (C=O) groups excluding carboxylic acids is 3. The summed E-state index contributed by atoms with van der Waals surface area (Å²) in [6.45, 7) is 3.80. The zero-order valence-electron chi connectivity index (χ0n) is 14.3. The first kappa shape index (κ1) is 18.6. The number of hydrogen-bond acceptors (Lipinski definition) is 5. The van der Waals surface area contributed by atoms with Crippen LogP contribution in [0.5, 0.6) is 0 Å². The second-order valence-electron chi connectivity index (χ2n) is 6.43. The van der Waals surface area contributed by atoms with E-state index in [1.54, 1.807) is 6.07 Å². The minimum atomic E-state index is -0.511.